The average molecular weight is 230 g/mol. The molecule has 0 saturated carbocycles. The van der Waals surface area contributed by atoms with Crippen LogP contribution >= 0.6 is 0 Å². The third-order valence-corrected chi connectivity index (χ3v) is 2.61. The molecule has 17 heavy (non-hydrogen) atoms. The Morgan fingerprint density at radius 3 is 2.41 bits per heavy atom. The monoisotopic (exact) mass is 230 g/mol. The lowest BCUT2D eigenvalue weighted by atomic mass is 10.1. The van der Waals surface area contributed by atoms with Crippen LogP contribution < -0.4 is 0 Å². The van der Waals surface area contributed by atoms with Gasteiger partial charge in [0, 0.05) is 5.56 Å². The van der Waals surface area contributed by atoms with Crippen molar-refractivity contribution in [2.75, 3.05) is 13.1 Å². The van der Waals surface area contributed by atoms with Crippen molar-refractivity contribution in [2.45, 2.75) is 20.8 Å². The highest BCUT2D eigenvalue weighted by Gasteiger charge is 2.23. The van der Waals surface area contributed by atoms with Crippen LogP contribution in [-0.4, -0.2) is 23.9 Å². The molecule has 0 fully saturated rings. The van der Waals surface area contributed by atoms with Gasteiger partial charge in [-0.15, -0.1) is 6.42 Å². The topological polar surface area (TPSA) is 57.2 Å². The highest BCUT2D eigenvalue weighted by Crippen LogP contribution is 2.22. The van der Waals surface area contributed by atoms with Crippen molar-refractivity contribution < 1.29 is 9.21 Å². The molecule has 0 saturated heterocycles. The molecule has 0 radical (unpaired) electrons. The molecule has 1 heterocycles. The van der Waals surface area contributed by atoms with Gasteiger partial charge < -0.3 is 9.32 Å². The number of aryl methyl sites for hydroxylation is 2. The second-order valence-corrected chi connectivity index (χ2v) is 3.74. The molecule has 1 aromatic heterocycles. The van der Waals surface area contributed by atoms with E-state index in [-0.39, 0.29) is 19.0 Å². The first-order valence-corrected chi connectivity index (χ1v) is 5.19. The molecule has 1 amide bonds. The van der Waals surface area contributed by atoms with Crippen molar-refractivity contribution in [3.8, 4) is 18.4 Å². The van der Waals surface area contributed by atoms with Gasteiger partial charge in [0.15, 0.2) is 0 Å². The Morgan fingerprint density at radius 1 is 1.35 bits per heavy atom. The number of nitrogens with zero attached hydrogens (tertiary/aromatic N) is 2. The predicted molar refractivity (Wildman–Crippen MR) is 63.3 cm³/mol. The molecule has 0 aliphatic rings. The van der Waals surface area contributed by atoms with Gasteiger partial charge >= 0.3 is 0 Å². The van der Waals surface area contributed by atoms with Gasteiger partial charge in [0.25, 0.3) is 5.91 Å². The van der Waals surface area contributed by atoms with Crippen LogP contribution in [0.1, 0.15) is 27.4 Å². The van der Waals surface area contributed by atoms with Gasteiger partial charge in [0.05, 0.1) is 18.2 Å². The quantitative estimate of drug-likeness (QED) is 0.587. The number of amides is 1. The Morgan fingerprint density at radius 2 is 2.00 bits per heavy atom. The molecule has 0 atom stereocenters. The van der Waals surface area contributed by atoms with Crippen molar-refractivity contribution in [3.63, 3.8) is 0 Å². The molecule has 0 bridgehead atoms. The van der Waals surface area contributed by atoms with Gasteiger partial charge in [-0.1, -0.05) is 5.92 Å². The Labute approximate surface area is 101 Å². The first kappa shape index (κ1) is 12.9. The van der Waals surface area contributed by atoms with E-state index in [2.05, 4.69) is 5.92 Å². The molecular formula is C13H14N2O2. The molecule has 0 aliphatic heterocycles. The molecule has 1 aromatic rings. The minimum absolute atomic E-state index is 0.0217. The van der Waals surface area contributed by atoms with Crippen molar-refractivity contribution in [1.29, 1.82) is 5.26 Å². The lowest BCUT2D eigenvalue weighted by Crippen LogP contribution is -2.32. The van der Waals surface area contributed by atoms with Crippen LogP contribution in [0.5, 0.6) is 0 Å². The third kappa shape index (κ3) is 2.49. The summed E-state index contributed by atoms with van der Waals surface area (Å²) in [5, 5.41) is 8.67. The van der Waals surface area contributed by atoms with Gasteiger partial charge in [-0.2, -0.15) is 5.26 Å². The standard InChI is InChI=1S/C13H14N2O2/c1-5-7-15(8-6-14)13(16)12-9(2)10(3)17-11(12)4/h1H,7-8H2,2-4H3. The van der Waals surface area contributed by atoms with Crippen molar-refractivity contribution in [2.24, 2.45) is 0 Å². The van der Waals surface area contributed by atoms with Crippen LogP contribution in [0.2, 0.25) is 0 Å². The summed E-state index contributed by atoms with van der Waals surface area (Å²) in [6.45, 7) is 5.45. The fourth-order valence-corrected chi connectivity index (χ4v) is 1.66. The summed E-state index contributed by atoms with van der Waals surface area (Å²) in [6.07, 6.45) is 5.18. The smallest absolute Gasteiger partial charge is 0.259 e. The van der Waals surface area contributed by atoms with Gasteiger partial charge in [-0.3, -0.25) is 4.79 Å². The fourth-order valence-electron chi connectivity index (χ4n) is 1.66. The largest absolute Gasteiger partial charge is 0.466 e. The summed E-state index contributed by atoms with van der Waals surface area (Å²) in [5.41, 5.74) is 1.31. The van der Waals surface area contributed by atoms with Crippen LogP contribution in [0, 0.1) is 44.4 Å². The zero-order valence-electron chi connectivity index (χ0n) is 10.2. The molecule has 0 aromatic carbocycles. The zero-order valence-corrected chi connectivity index (χ0v) is 10.2. The van der Waals surface area contributed by atoms with E-state index in [1.165, 1.54) is 4.90 Å². The highest BCUT2D eigenvalue weighted by molar-refractivity contribution is 5.97. The number of hydrogen-bond acceptors (Lipinski definition) is 3. The molecule has 0 aliphatic carbocycles. The highest BCUT2D eigenvalue weighted by atomic mass is 16.3. The van der Waals surface area contributed by atoms with Crippen LogP contribution in [0.3, 0.4) is 0 Å². The molecule has 0 spiro atoms. The van der Waals surface area contributed by atoms with E-state index in [4.69, 9.17) is 16.1 Å². The SMILES string of the molecule is C#CCN(CC#N)C(=O)c1c(C)oc(C)c1C. The maximum atomic E-state index is 12.2. The van der Waals surface area contributed by atoms with Crippen molar-refractivity contribution in [1.82, 2.24) is 4.90 Å². The van der Waals surface area contributed by atoms with Gasteiger partial charge in [-0.25, -0.2) is 0 Å². The first-order chi connectivity index (χ1) is 8.02. The van der Waals surface area contributed by atoms with E-state index in [1.54, 1.807) is 13.8 Å². The molecule has 4 nitrogen and oxygen atoms in total. The van der Waals surface area contributed by atoms with Gasteiger partial charge in [-0.05, 0) is 20.8 Å². The van der Waals surface area contributed by atoms with Crippen molar-refractivity contribution in [3.05, 3.63) is 22.6 Å². The summed E-state index contributed by atoms with van der Waals surface area (Å²) in [6, 6.07) is 1.93. The predicted octanol–water partition coefficient (Wildman–Crippen LogP) is 1.80. The number of carbonyl (C=O) groups is 1. The lowest BCUT2D eigenvalue weighted by molar-refractivity contribution is 0.0793. The maximum absolute atomic E-state index is 12.2. The van der Waals surface area contributed by atoms with E-state index in [9.17, 15) is 4.79 Å². The lowest BCUT2D eigenvalue weighted by Gasteiger charge is -2.16. The Kier molecular flexibility index (Phi) is 3.96. The average Bonchev–Trinajstić information content (AvgIpc) is 2.52. The van der Waals surface area contributed by atoms with Crippen molar-refractivity contribution >= 4 is 5.91 Å². The second kappa shape index (κ2) is 5.23. The molecule has 1 rings (SSSR count). The summed E-state index contributed by atoms with van der Waals surface area (Å²) < 4.78 is 5.39. The molecule has 4 heteroatoms. The number of rotatable bonds is 3. The van der Waals surface area contributed by atoms with Crippen LogP contribution in [0.4, 0.5) is 0 Å². The number of hydrogen-bond donors (Lipinski definition) is 0. The van der Waals surface area contributed by atoms with E-state index < -0.39 is 0 Å². The first-order valence-electron chi connectivity index (χ1n) is 5.19. The second-order valence-electron chi connectivity index (χ2n) is 3.74. The van der Waals surface area contributed by atoms with E-state index in [1.807, 2.05) is 13.0 Å². The fraction of sp³-hybridized carbons (Fsp3) is 0.385. The van der Waals surface area contributed by atoms with E-state index >= 15 is 0 Å². The normalized spacial score (nSPS) is 9.47. The number of nitriles is 1. The summed E-state index contributed by atoms with van der Waals surface area (Å²) in [4.78, 5) is 13.5. The Hall–Kier alpha value is -2.20. The maximum Gasteiger partial charge on any atom is 0.259 e. The summed E-state index contributed by atoms with van der Waals surface area (Å²) >= 11 is 0. The van der Waals surface area contributed by atoms with Crippen LogP contribution in [-0.2, 0) is 0 Å². The van der Waals surface area contributed by atoms with E-state index in [0.717, 1.165) is 5.56 Å². The number of furan rings is 1. The minimum Gasteiger partial charge on any atom is -0.466 e. The van der Waals surface area contributed by atoms with Crippen LogP contribution in [0.25, 0.3) is 0 Å². The number of terminal acetylenes is 1. The van der Waals surface area contributed by atoms with Gasteiger partial charge in [0.2, 0.25) is 0 Å². The Bertz CT molecular complexity index is 499. The summed E-state index contributed by atoms with van der Waals surface area (Å²) in [5.74, 6) is 3.39. The van der Waals surface area contributed by atoms with E-state index in [0.29, 0.717) is 17.1 Å². The molecule has 88 valence electrons. The number of carbonyl (C=O) groups excluding carboxylic acids is 1. The van der Waals surface area contributed by atoms with Gasteiger partial charge in [0.1, 0.15) is 18.1 Å². The minimum atomic E-state index is -0.253. The molecule has 0 N–H and O–H groups in total. The third-order valence-electron chi connectivity index (χ3n) is 2.61. The molecule has 0 unspecified atom stereocenters. The van der Waals surface area contributed by atoms with Crippen LogP contribution in [0.15, 0.2) is 4.42 Å². The molecular weight excluding hydrogens is 216 g/mol. The Balaban J connectivity index is 3.11. The zero-order chi connectivity index (χ0) is 13.0. The summed E-state index contributed by atoms with van der Waals surface area (Å²) in [7, 11) is 0.